The summed E-state index contributed by atoms with van der Waals surface area (Å²) in [5.74, 6) is -4.72. The molecule has 35 heavy (non-hydrogen) atoms. The Bertz CT molecular complexity index is 1120. The highest BCUT2D eigenvalue weighted by atomic mass is 19.4. The molecule has 3 amide bonds. The van der Waals surface area contributed by atoms with Crippen LogP contribution in [0, 0.1) is 11.6 Å². The molecule has 0 aliphatic carbocycles. The lowest BCUT2D eigenvalue weighted by molar-refractivity contribution is -0.159. The largest absolute Gasteiger partial charge is 0.470 e. The molecule has 12 heteroatoms. The smallest absolute Gasteiger partial charge is 0.416 e. The highest BCUT2D eigenvalue weighted by molar-refractivity contribution is 6.12. The third kappa shape index (κ3) is 5.52. The molecule has 0 spiro atoms. The fraction of sp³-hybridized carbons (Fsp3) is 0.348. The zero-order chi connectivity index (χ0) is 26.1. The molecule has 2 aromatic rings. The predicted octanol–water partition coefficient (Wildman–Crippen LogP) is 4.67. The monoisotopic (exact) mass is 500 g/mol. The van der Waals surface area contributed by atoms with Gasteiger partial charge in [0.15, 0.2) is 23.0 Å². The van der Waals surface area contributed by atoms with Crippen molar-refractivity contribution in [1.29, 1.82) is 0 Å². The summed E-state index contributed by atoms with van der Waals surface area (Å²) in [4.78, 5) is 38.7. The molecule has 0 aromatic heterocycles. The number of halogens is 5. The van der Waals surface area contributed by atoms with Crippen LogP contribution in [0.3, 0.4) is 0 Å². The van der Waals surface area contributed by atoms with Crippen molar-refractivity contribution in [1.82, 2.24) is 4.90 Å². The number of nitrogens with zero attached hydrogens (tertiary/aromatic N) is 2. The minimum absolute atomic E-state index is 0.0386. The number of rotatable bonds is 7. The van der Waals surface area contributed by atoms with Crippen LogP contribution in [0.2, 0.25) is 0 Å². The van der Waals surface area contributed by atoms with E-state index in [1.54, 1.807) is 6.92 Å². The van der Waals surface area contributed by atoms with Gasteiger partial charge in [0.1, 0.15) is 6.54 Å². The number of alkyl halides is 3. The standard InChI is InChI=1S/C23H21F5N2O5/c1-4-34-20(32)22(2,3)35-19-16(24)9-13(10-17(19)25)11-30-18(31)12-29(21(30)33)15-7-5-14(6-8-15)23(26,27)28/h5-10H,4,11-12H2,1-3H3. The third-order valence-electron chi connectivity index (χ3n) is 5.09. The Morgan fingerprint density at radius 2 is 1.60 bits per heavy atom. The molecule has 1 fully saturated rings. The summed E-state index contributed by atoms with van der Waals surface area (Å²) in [7, 11) is 0. The average Bonchev–Trinajstić information content (AvgIpc) is 3.04. The van der Waals surface area contributed by atoms with Gasteiger partial charge in [-0.05, 0) is 62.7 Å². The maximum atomic E-state index is 14.6. The van der Waals surface area contributed by atoms with E-state index in [0.29, 0.717) is 0 Å². The summed E-state index contributed by atoms with van der Waals surface area (Å²) < 4.78 is 77.5. The van der Waals surface area contributed by atoms with Crippen LogP contribution in [-0.4, -0.2) is 41.6 Å². The van der Waals surface area contributed by atoms with Crippen LogP contribution in [0.25, 0.3) is 0 Å². The van der Waals surface area contributed by atoms with Gasteiger partial charge in [0.05, 0.1) is 18.7 Å². The molecule has 1 saturated heterocycles. The molecule has 0 radical (unpaired) electrons. The zero-order valence-corrected chi connectivity index (χ0v) is 18.9. The molecular weight excluding hydrogens is 479 g/mol. The highest BCUT2D eigenvalue weighted by Gasteiger charge is 2.38. The molecule has 7 nitrogen and oxygen atoms in total. The van der Waals surface area contributed by atoms with Gasteiger partial charge in [-0.1, -0.05) is 0 Å². The van der Waals surface area contributed by atoms with Crippen LogP contribution in [0.5, 0.6) is 5.75 Å². The maximum absolute atomic E-state index is 14.6. The summed E-state index contributed by atoms with van der Waals surface area (Å²) in [5.41, 5.74) is -2.64. The highest BCUT2D eigenvalue weighted by Crippen LogP contribution is 2.32. The van der Waals surface area contributed by atoms with Crippen molar-refractivity contribution in [2.24, 2.45) is 0 Å². The fourth-order valence-corrected chi connectivity index (χ4v) is 3.31. The Labute approximate surface area is 197 Å². The Hall–Kier alpha value is -3.70. The minimum Gasteiger partial charge on any atom is -0.470 e. The van der Waals surface area contributed by atoms with Gasteiger partial charge in [0, 0.05) is 5.69 Å². The van der Waals surface area contributed by atoms with Crippen molar-refractivity contribution in [2.45, 2.75) is 39.1 Å². The summed E-state index contributed by atoms with van der Waals surface area (Å²) in [6, 6.07) is 4.48. The molecule has 1 aliphatic heterocycles. The first-order chi connectivity index (χ1) is 16.2. The van der Waals surface area contributed by atoms with E-state index in [0.717, 1.165) is 46.2 Å². The molecule has 0 N–H and O–H groups in total. The van der Waals surface area contributed by atoms with Gasteiger partial charge in [-0.25, -0.2) is 18.4 Å². The lowest BCUT2D eigenvalue weighted by Crippen LogP contribution is -2.40. The van der Waals surface area contributed by atoms with Crippen LogP contribution in [0.4, 0.5) is 32.4 Å². The van der Waals surface area contributed by atoms with E-state index in [1.807, 2.05) is 0 Å². The predicted molar refractivity (Wildman–Crippen MR) is 112 cm³/mol. The molecule has 1 heterocycles. The average molecular weight is 500 g/mol. The molecule has 188 valence electrons. The molecule has 2 aromatic carbocycles. The molecule has 3 rings (SSSR count). The fourth-order valence-electron chi connectivity index (χ4n) is 3.31. The number of ether oxygens (including phenoxy) is 2. The van der Waals surface area contributed by atoms with Crippen LogP contribution in [-0.2, 0) is 27.0 Å². The second kappa shape index (κ2) is 9.51. The summed E-state index contributed by atoms with van der Waals surface area (Å²) in [6.07, 6.45) is -4.56. The second-order valence-electron chi connectivity index (χ2n) is 8.11. The van der Waals surface area contributed by atoms with Gasteiger partial charge in [-0.15, -0.1) is 0 Å². The normalized spacial score (nSPS) is 14.5. The van der Waals surface area contributed by atoms with Gasteiger partial charge in [-0.2, -0.15) is 13.2 Å². The Kier molecular flexibility index (Phi) is 7.04. The number of anilines is 1. The first kappa shape index (κ1) is 25.9. The third-order valence-corrected chi connectivity index (χ3v) is 5.09. The molecule has 0 bridgehead atoms. The number of carbonyl (C=O) groups excluding carboxylic acids is 3. The first-order valence-corrected chi connectivity index (χ1v) is 10.4. The van der Waals surface area contributed by atoms with Crippen molar-refractivity contribution < 1.29 is 45.8 Å². The molecule has 1 aliphatic rings. The van der Waals surface area contributed by atoms with Crippen LogP contribution >= 0.6 is 0 Å². The number of amides is 3. The summed E-state index contributed by atoms with van der Waals surface area (Å²) >= 11 is 0. The van der Waals surface area contributed by atoms with Crippen LogP contribution in [0.1, 0.15) is 31.9 Å². The summed E-state index contributed by atoms with van der Waals surface area (Å²) in [6.45, 7) is 3.19. The van der Waals surface area contributed by atoms with E-state index in [1.165, 1.54) is 13.8 Å². The van der Waals surface area contributed by atoms with E-state index in [2.05, 4.69) is 0 Å². The van der Waals surface area contributed by atoms with Gasteiger partial charge >= 0.3 is 18.2 Å². The van der Waals surface area contributed by atoms with Crippen LogP contribution in [0.15, 0.2) is 36.4 Å². The van der Waals surface area contributed by atoms with Crippen molar-refractivity contribution >= 4 is 23.6 Å². The van der Waals surface area contributed by atoms with Gasteiger partial charge in [0.25, 0.3) is 5.91 Å². The molecule has 0 atom stereocenters. The van der Waals surface area contributed by atoms with Gasteiger partial charge in [-0.3, -0.25) is 14.6 Å². The van der Waals surface area contributed by atoms with E-state index in [4.69, 9.17) is 9.47 Å². The molecule has 0 unspecified atom stereocenters. The van der Waals surface area contributed by atoms with Crippen molar-refractivity contribution in [2.75, 3.05) is 18.1 Å². The van der Waals surface area contributed by atoms with E-state index < -0.39 is 65.7 Å². The summed E-state index contributed by atoms with van der Waals surface area (Å²) in [5, 5.41) is 0. The molecular formula is C23H21F5N2O5. The van der Waals surface area contributed by atoms with E-state index in [9.17, 15) is 36.3 Å². The van der Waals surface area contributed by atoms with E-state index in [-0.39, 0.29) is 17.9 Å². The van der Waals surface area contributed by atoms with Gasteiger partial charge in [0.2, 0.25) is 0 Å². The first-order valence-electron chi connectivity index (χ1n) is 10.4. The number of urea groups is 1. The number of esters is 1. The lowest BCUT2D eigenvalue weighted by Gasteiger charge is -2.25. The topological polar surface area (TPSA) is 76.2 Å². The Balaban J connectivity index is 1.77. The number of hydrogen-bond donors (Lipinski definition) is 0. The zero-order valence-electron chi connectivity index (χ0n) is 18.9. The lowest BCUT2D eigenvalue weighted by atomic mass is 10.1. The van der Waals surface area contributed by atoms with Crippen molar-refractivity contribution in [3.63, 3.8) is 0 Å². The molecule has 0 saturated carbocycles. The van der Waals surface area contributed by atoms with Crippen LogP contribution < -0.4 is 9.64 Å². The van der Waals surface area contributed by atoms with E-state index >= 15 is 0 Å². The number of benzene rings is 2. The Morgan fingerprint density at radius 3 is 2.11 bits per heavy atom. The van der Waals surface area contributed by atoms with Crippen molar-refractivity contribution in [3.05, 3.63) is 59.2 Å². The SMILES string of the molecule is CCOC(=O)C(C)(C)Oc1c(F)cc(CN2C(=O)CN(c3ccc(C(F)(F)F)cc3)C2=O)cc1F. The minimum atomic E-state index is -4.56. The number of carbonyl (C=O) groups is 3. The number of imide groups is 1. The van der Waals surface area contributed by atoms with Crippen molar-refractivity contribution in [3.8, 4) is 5.75 Å². The number of hydrogen-bond acceptors (Lipinski definition) is 5. The Morgan fingerprint density at radius 1 is 1.03 bits per heavy atom. The maximum Gasteiger partial charge on any atom is 0.416 e. The quantitative estimate of drug-likeness (QED) is 0.314. The second-order valence-corrected chi connectivity index (χ2v) is 8.11. The van der Waals surface area contributed by atoms with Gasteiger partial charge < -0.3 is 9.47 Å².